The molecule has 1 rings (SSSR count). The van der Waals surface area contributed by atoms with Crippen LogP contribution in [0.25, 0.3) is 0 Å². The molecule has 0 fully saturated rings. The fourth-order valence-electron chi connectivity index (χ4n) is 1.31. The third kappa shape index (κ3) is 3.92. The van der Waals surface area contributed by atoms with Crippen molar-refractivity contribution < 1.29 is 9.53 Å². The van der Waals surface area contributed by atoms with Gasteiger partial charge in [0.2, 0.25) is 0 Å². The van der Waals surface area contributed by atoms with E-state index in [1.807, 2.05) is 24.3 Å². The molecule has 1 atom stereocenters. The minimum atomic E-state index is -0.0974. The van der Waals surface area contributed by atoms with Crippen LogP contribution in [0.5, 0.6) is 5.75 Å². The predicted molar refractivity (Wildman–Crippen MR) is 61.5 cm³/mol. The largest absolute Gasteiger partial charge is 0.497 e. The van der Waals surface area contributed by atoms with Gasteiger partial charge in [0, 0.05) is 6.42 Å². The summed E-state index contributed by atoms with van der Waals surface area (Å²) in [7, 11) is 1.63. The molecule has 1 aromatic carbocycles. The van der Waals surface area contributed by atoms with Crippen molar-refractivity contribution in [2.24, 2.45) is 0 Å². The van der Waals surface area contributed by atoms with Crippen LogP contribution in [0.4, 0.5) is 0 Å². The fraction of sp³-hybridized carbons (Fsp3) is 0.417. The lowest BCUT2D eigenvalue weighted by atomic mass is 10.1. The summed E-state index contributed by atoms with van der Waals surface area (Å²) in [6, 6.07) is 7.60. The lowest BCUT2D eigenvalue weighted by Gasteiger charge is -2.09. The molecule has 0 amide bonds. The van der Waals surface area contributed by atoms with Crippen molar-refractivity contribution >= 4 is 17.4 Å². The molecule has 3 heteroatoms. The molecule has 0 aliphatic rings. The molecule has 0 N–H and O–H groups in total. The second kappa shape index (κ2) is 5.76. The Balaban J connectivity index is 2.57. The Morgan fingerprint density at radius 1 is 1.40 bits per heavy atom. The summed E-state index contributed by atoms with van der Waals surface area (Å²) in [5.41, 5.74) is 1.03. The second-order valence-electron chi connectivity index (χ2n) is 3.48. The van der Waals surface area contributed by atoms with Gasteiger partial charge in [-0.1, -0.05) is 12.1 Å². The maximum Gasteiger partial charge on any atom is 0.129 e. The third-order valence-corrected chi connectivity index (χ3v) is 2.70. The van der Waals surface area contributed by atoms with Crippen LogP contribution in [-0.2, 0) is 4.79 Å². The zero-order valence-electron chi connectivity index (χ0n) is 9.00. The van der Waals surface area contributed by atoms with Gasteiger partial charge in [-0.3, -0.25) is 0 Å². The van der Waals surface area contributed by atoms with Gasteiger partial charge < -0.3 is 9.53 Å². The van der Waals surface area contributed by atoms with E-state index in [0.717, 1.165) is 11.3 Å². The Morgan fingerprint density at radius 3 is 2.47 bits per heavy atom. The van der Waals surface area contributed by atoms with E-state index >= 15 is 0 Å². The minimum absolute atomic E-state index is 0.0974. The number of ether oxygens (including phenoxy) is 1. The molecule has 0 aliphatic carbocycles. The average Bonchev–Trinajstić information content (AvgIpc) is 2.26. The van der Waals surface area contributed by atoms with Crippen LogP contribution in [0, 0.1) is 0 Å². The highest BCUT2D eigenvalue weighted by atomic mass is 35.5. The van der Waals surface area contributed by atoms with Gasteiger partial charge in [0.1, 0.15) is 11.5 Å². The molecule has 0 aliphatic heterocycles. The highest BCUT2D eigenvalue weighted by Gasteiger charge is 2.08. The molecule has 15 heavy (non-hydrogen) atoms. The molecule has 0 saturated carbocycles. The Labute approximate surface area is 95.2 Å². The van der Waals surface area contributed by atoms with E-state index in [4.69, 9.17) is 16.3 Å². The van der Waals surface area contributed by atoms with Gasteiger partial charge in [0.05, 0.1) is 12.5 Å². The summed E-state index contributed by atoms with van der Waals surface area (Å²) in [5, 5.41) is -0.0974. The predicted octanol–water partition coefficient (Wildman–Crippen LogP) is 3.34. The molecule has 0 spiro atoms. The van der Waals surface area contributed by atoms with E-state index in [9.17, 15) is 4.79 Å². The number of rotatable bonds is 5. The fourth-order valence-corrected chi connectivity index (χ4v) is 1.56. The Bertz CT molecular complexity index is 319. The van der Waals surface area contributed by atoms with Crippen molar-refractivity contribution in [1.82, 2.24) is 0 Å². The average molecular weight is 227 g/mol. The van der Waals surface area contributed by atoms with Crippen molar-refractivity contribution in [3.05, 3.63) is 29.8 Å². The first-order chi connectivity index (χ1) is 7.13. The molecule has 82 valence electrons. The molecule has 2 nitrogen and oxygen atoms in total. The van der Waals surface area contributed by atoms with Crippen molar-refractivity contribution in [2.45, 2.75) is 25.1 Å². The SMILES string of the molecule is COc1ccc(C(Cl)CCC(C)=O)cc1. The summed E-state index contributed by atoms with van der Waals surface area (Å²) in [6.07, 6.45) is 1.21. The number of methoxy groups -OCH3 is 1. The van der Waals surface area contributed by atoms with Gasteiger partial charge in [-0.05, 0) is 31.0 Å². The quantitative estimate of drug-likeness (QED) is 0.720. The highest BCUT2D eigenvalue weighted by Crippen LogP contribution is 2.27. The van der Waals surface area contributed by atoms with Crippen LogP contribution in [0.1, 0.15) is 30.7 Å². The van der Waals surface area contributed by atoms with Crippen LogP contribution >= 0.6 is 11.6 Å². The zero-order chi connectivity index (χ0) is 11.3. The van der Waals surface area contributed by atoms with Crippen LogP contribution in [0.3, 0.4) is 0 Å². The standard InChI is InChI=1S/C12H15ClO2/c1-9(14)3-8-12(13)10-4-6-11(15-2)7-5-10/h4-7,12H,3,8H2,1-2H3. The Hall–Kier alpha value is -1.02. The van der Waals surface area contributed by atoms with Crippen molar-refractivity contribution in [2.75, 3.05) is 7.11 Å². The van der Waals surface area contributed by atoms with Crippen molar-refractivity contribution in [3.8, 4) is 5.75 Å². The van der Waals surface area contributed by atoms with Crippen LogP contribution in [0.2, 0.25) is 0 Å². The first kappa shape index (κ1) is 12.1. The van der Waals surface area contributed by atoms with E-state index in [0.29, 0.717) is 12.8 Å². The normalized spacial score (nSPS) is 12.2. The van der Waals surface area contributed by atoms with Gasteiger partial charge >= 0.3 is 0 Å². The molecule has 1 unspecified atom stereocenters. The summed E-state index contributed by atoms with van der Waals surface area (Å²) < 4.78 is 5.05. The topological polar surface area (TPSA) is 26.3 Å². The summed E-state index contributed by atoms with van der Waals surface area (Å²) in [4.78, 5) is 10.8. The number of hydrogen-bond acceptors (Lipinski definition) is 2. The lowest BCUT2D eigenvalue weighted by molar-refractivity contribution is -0.117. The molecule has 0 heterocycles. The molecular weight excluding hydrogens is 212 g/mol. The van der Waals surface area contributed by atoms with E-state index in [2.05, 4.69) is 0 Å². The highest BCUT2D eigenvalue weighted by molar-refractivity contribution is 6.20. The van der Waals surface area contributed by atoms with E-state index < -0.39 is 0 Å². The first-order valence-corrected chi connectivity index (χ1v) is 5.34. The van der Waals surface area contributed by atoms with Crippen molar-refractivity contribution in [1.29, 1.82) is 0 Å². The molecule has 0 saturated heterocycles. The van der Waals surface area contributed by atoms with Crippen molar-refractivity contribution in [3.63, 3.8) is 0 Å². The smallest absolute Gasteiger partial charge is 0.129 e. The second-order valence-corrected chi connectivity index (χ2v) is 4.01. The summed E-state index contributed by atoms with van der Waals surface area (Å²) in [5.74, 6) is 0.989. The van der Waals surface area contributed by atoms with Crippen LogP contribution in [0.15, 0.2) is 24.3 Å². The van der Waals surface area contributed by atoms with E-state index in [-0.39, 0.29) is 11.2 Å². The number of hydrogen-bond donors (Lipinski definition) is 0. The molecular formula is C12H15ClO2. The number of benzene rings is 1. The van der Waals surface area contributed by atoms with Gasteiger partial charge in [-0.15, -0.1) is 11.6 Å². The van der Waals surface area contributed by atoms with Gasteiger partial charge in [-0.2, -0.15) is 0 Å². The maximum atomic E-state index is 10.8. The number of alkyl halides is 1. The third-order valence-electron chi connectivity index (χ3n) is 2.23. The maximum absolute atomic E-state index is 10.8. The monoisotopic (exact) mass is 226 g/mol. The lowest BCUT2D eigenvalue weighted by Crippen LogP contribution is -1.96. The number of Topliss-reactive ketones (excluding diaryl/α,β-unsaturated/α-hetero) is 1. The number of carbonyl (C=O) groups excluding carboxylic acids is 1. The van der Waals surface area contributed by atoms with Gasteiger partial charge in [0.25, 0.3) is 0 Å². The number of carbonyl (C=O) groups is 1. The molecule has 0 radical (unpaired) electrons. The van der Waals surface area contributed by atoms with E-state index in [1.54, 1.807) is 14.0 Å². The number of ketones is 1. The Kier molecular flexibility index (Phi) is 4.63. The van der Waals surface area contributed by atoms with Gasteiger partial charge in [0.15, 0.2) is 0 Å². The summed E-state index contributed by atoms with van der Waals surface area (Å²) >= 11 is 6.15. The molecule has 1 aromatic rings. The van der Waals surface area contributed by atoms with E-state index in [1.165, 1.54) is 0 Å². The number of halogens is 1. The molecule has 0 aromatic heterocycles. The van der Waals surface area contributed by atoms with Crippen LogP contribution < -0.4 is 4.74 Å². The minimum Gasteiger partial charge on any atom is -0.497 e. The van der Waals surface area contributed by atoms with Gasteiger partial charge in [-0.25, -0.2) is 0 Å². The Morgan fingerprint density at radius 2 is 2.00 bits per heavy atom. The molecule has 0 bridgehead atoms. The zero-order valence-corrected chi connectivity index (χ0v) is 9.75. The summed E-state index contributed by atoms with van der Waals surface area (Å²) in [6.45, 7) is 1.58. The first-order valence-electron chi connectivity index (χ1n) is 4.91. The van der Waals surface area contributed by atoms with Crippen LogP contribution in [-0.4, -0.2) is 12.9 Å².